The van der Waals surface area contributed by atoms with Crippen LogP contribution in [0.3, 0.4) is 0 Å². The summed E-state index contributed by atoms with van der Waals surface area (Å²) >= 11 is 0. The molecule has 66 valence electrons. The van der Waals surface area contributed by atoms with Gasteiger partial charge < -0.3 is 9.84 Å². The van der Waals surface area contributed by atoms with Crippen molar-refractivity contribution < 1.29 is 9.84 Å². The van der Waals surface area contributed by atoms with Crippen LogP contribution in [0.5, 0.6) is 0 Å². The van der Waals surface area contributed by atoms with Gasteiger partial charge in [-0.25, -0.2) is 0 Å². The molecule has 1 N–H and O–H groups in total. The predicted molar refractivity (Wildman–Crippen MR) is 44.4 cm³/mol. The minimum absolute atomic E-state index is 0.0347. The first-order valence-electron chi connectivity index (χ1n) is 4.33. The summed E-state index contributed by atoms with van der Waals surface area (Å²) in [7, 11) is 0. The molecular weight excluding hydrogens is 140 g/mol. The van der Waals surface area contributed by atoms with Gasteiger partial charge in [0.05, 0.1) is 18.3 Å². The van der Waals surface area contributed by atoms with E-state index in [0.29, 0.717) is 6.10 Å². The molecule has 0 saturated carbocycles. The molecule has 11 heavy (non-hydrogen) atoms. The van der Waals surface area contributed by atoms with Crippen LogP contribution in [0.2, 0.25) is 0 Å². The Morgan fingerprint density at radius 1 is 1.55 bits per heavy atom. The lowest BCUT2D eigenvalue weighted by Gasteiger charge is -2.53. The smallest absolute Gasteiger partial charge is 0.0910 e. The van der Waals surface area contributed by atoms with Gasteiger partial charge >= 0.3 is 0 Å². The van der Waals surface area contributed by atoms with E-state index in [-0.39, 0.29) is 17.6 Å². The second kappa shape index (κ2) is 2.76. The number of rotatable bonds is 2. The van der Waals surface area contributed by atoms with E-state index in [4.69, 9.17) is 4.74 Å². The average Bonchev–Trinajstić information content (AvgIpc) is 1.85. The molecule has 0 radical (unpaired) electrons. The molecule has 3 atom stereocenters. The highest BCUT2D eigenvalue weighted by Gasteiger charge is 2.50. The van der Waals surface area contributed by atoms with E-state index in [1.807, 2.05) is 0 Å². The van der Waals surface area contributed by atoms with E-state index in [1.54, 1.807) is 6.92 Å². The van der Waals surface area contributed by atoms with Gasteiger partial charge in [-0.3, -0.25) is 0 Å². The lowest BCUT2D eigenvalue weighted by atomic mass is 9.72. The van der Waals surface area contributed by atoms with Crippen LogP contribution in [-0.4, -0.2) is 23.4 Å². The quantitative estimate of drug-likeness (QED) is 0.661. The van der Waals surface area contributed by atoms with Gasteiger partial charge in [0.2, 0.25) is 0 Å². The highest BCUT2D eigenvalue weighted by molar-refractivity contribution is 4.97. The maximum Gasteiger partial charge on any atom is 0.0910 e. The third kappa shape index (κ3) is 1.30. The predicted octanol–water partition coefficient (Wildman–Crippen LogP) is 1.57. The molecule has 2 nitrogen and oxygen atoms in total. The Kier molecular flexibility index (Phi) is 2.26. The molecule has 0 aromatic rings. The summed E-state index contributed by atoms with van der Waals surface area (Å²) in [6, 6.07) is 0. The van der Waals surface area contributed by atoms with Crippen LogP contribution < -0.4 is 0 Å². The third-order valence-electron chi connectivity index (χ3n) is 2.68. The fraction of sp³-hybridized carbons (Fsp3) is 1.00. The molecule has 1 aliphatic rings. The first kappa shape index (κ1) is 9.01. The number of hydrogen-bond acceptors (Lipinski definition) is 2. The zero-order valence-corrected chi connectivity index (χ0v) is 7.79. The standard InChI is InChI=1S/C9H18O2/c1-5-7-9(3,4)8(11-7)6(2)10/h6-8,10H,5H2,1-4H3. The number of hydrogen-bond donors (Lipinski definition) is 1. The summed E-state index contributed by atoms with van der Waals surface area (Å²) in [5, 5.41) is 9.30. The second-order valence-corrected chi connectivity index (χ2v) is 4.02. The van der Waals surface area contributed by atoms with Crippen molar-refractivity contribution >= 4 is 0 Å². The lowest BCUT2D eigenvalue weighted by Crippen LogP contribution is -2.60. The molecule has 1 fully saturated rings. The van der Waals surface area contributed by atoms with Crippen LogP contribution in [-0.2, 0) is 4.74 Å². The summed E-state index contributed by atoms with van der Waals surface area (Å²) in [4.78, 5) is 0. The van der Waals surface area contributed by atoms with Gasteiger partial charge in [0.15, 0.2) is 0 Å². The SMILES string of the molecule is CCC1OC(C(C)O)C1(C)C. The van der Waals surface area contributed by atoms with E-state index in [0.717, 1.165) is 6.42 Å². The van der Waals surface area contributed by atoms with Gasteiger partial charge in [0, 0.05) is 5.41 Å². The number of ether oxygens (including phenoxy) is 1. The molecule has 0 aromatic heterocycles. The van der Waals surface area contributed by atoms with Crippen molar-refractivity contribution in [2.45, 2.75) is 52.4 Å². The largest absolute Gasteiger partial charge is 0.391 e. The molecule has 1 saturated heterocycles. The van der Waals surface area contributed by atoms with Gasteiger partial charge in [-0.05, 0) is 13.3 Å². The van der Waals surface area contributed by atoms with E-state index in [2.05, 4.69) is 20.8 Å². The zero-order valence-electron chi connectivity index (χ0n) is 7.79. The van der Waals surface area contributed by atoms with Crippen molar-refractivity contribution in [1.29, 1.82) is 0 Å². The maximum atomic E-state index is 9.30. The van der Waals surface area contributed by atoms with Crippen LogP contribution >= 0.6 is 0 Å². The molecule has 1 rings (SSSR count). The Hall–Kier alpha value is -0.0800. The van der Waals surface area contributed by atoms with E-state index >= 15 is 0 Å². The average molecular weight is 158 g/mol. The molecule has 0 aromatic carbocycles. The Balaban J connectivity index is 2.54. The monoisotopic (exact) mass is 158 g/mol. The minimum atomic E-state index is -0.340. The van der Waals surface area contributed by atoms with Crippen LogP contribution in [0.1, 0.15) is 34.1 Å². The summed E-state index contributed by atoms with van der Waals surface area (Å²) in [5.41, 5.74) is 0.156. The molecule has 2 heteroatoms. The molecule has 3 unspecified atom stereocenters. The Labute approximate surface area is 68.6 Å². The summed E-state index contributed by atoms with van der Waals surface area (Å²) in [5.74, 6) is 0. The van der Waals surface area contributed by atoms with Crippen LogP contribution in [0.25, 0.3) is 0 Å². The van der Waals surface area contributed by atoms with Gasteiger partial charge in [-0.15, -0.1) is 0 Å². The second-order valence-electron chi connectivity index (χ2n) is 4.02. The lowest BCUT2D eigenvalue weighted by molar-refractivity contribution is -0.264. The summed E-state index contributed by atoms with van der Waals surface area (Å²) in [6.45, 7) is 8.22. The number of aliphatic hydroxyl groups is 1. The van der Waals surface area contributed by atoms with Crippen LogP contribution in [0.15, 0.2) is 0 Å². The van der Waals surface area contributed by atoms with Crippen molar-refractivity contribution in [3.8, 4) is 0 Å². The van der Waals surface area contributed by atoms with Gasteiger partial charge in [-0.2, -0.15) is 0 Å². The molecule has 0 bridgehead atoms. The first-order valence-corrected chi connectivity index (χ1v) is 4.33. The zero-order chi connectivity index (χ0) is 8.65. The van der Waals surface area contributed by atoms with E-state index in [1.165, 1.54) is 0 Å². The molecule has 0 amide bonds. The molecular formula is C9H18O2. The van der Waals surface area contributed by atoms with Crippen molar-refractivity contribution in [3.63, 3.8) is 0 Å². The first-order chi connectivity index (χ1) is 5.00. The maximum absolute atomic E-state index is 9.30. The van der Waals surface area contributed by atoms with Gasteiger partial charge in [0.1, 0.15) is 0 Å². The normalized spacial score (nSPS) is 37.9. The third-order valence-corrected chi connectivity index (χ3v) is 2.68. The van der Waals surface area contributed by atoms with Crippen molar-refractivity contribution in [3.05, 3.63) is 0 Å². The van der Waals surface area contributed by atoms with E-state index in [9.17, 15) is 5.11 Å². The summed E-state index contributed by atoms with van der Waals surface area (Å²) < 4.78 is 5.52. The molecule has 1 heterocycles. The van der Waals surface area contributed by atoms with Crippen molar-refractivity contribution in [2.75, 3.05) is 0 Å². The Morgan fingerprint density at radius 3 is 2.36 bits per heavy atom. The fourth-order valence-corrected chi connectivity index (χ4v) is 2.00. The van der Waals surface area contributed by atoms with Gasteiger partial charge in [0.25, 0.3) is 0 Å². The van der Waals surface area contributed by atoms with Crippen molar-refractivity contribution in [2.24, 2.45) is 5.41 Å². The van der Waals surface area contributed by atoms with Crippen molar-refractivity contribution in [1.82, 2.24) is 0 Å². The van der Waals surface area contributed by atoms with Crippen LogP contribution in [0, 0.1) is 5.41 Å². The topological polar surface area (TPSA) is 29.5 Å². The van der Waals surface area contributed by atoms with Gasteiger partial charge in [-0.1, -0.05) is 20.8 Å². The Bertz CT molecular complexity index is 140. The fourth-order valence-electron chi connectivity index (χ4n) is 2.00. The molecule has 0 aliphatic carbocycles. The molecule has 1 aliphatic heterocycles. The number of aliphatic hydroxyl groups excluding tert-OH is 1. The highest BCUT2D eigenvalue weighted by atomic mass is 16.5. The highest BCUT2D eigenvalue weighted by Crippen LogP contribution is 2.43. The molecule has 0 spiro atoms. The Morgan fingerprint density at radius 2 is 2.09 bits per heavy atom. The van der Waals surface area contributed by atoms with Crippen LogP contribution in [0.4, 0.5) is 0 Å². The minimum Gasteiger partial charge on any atom is -0.391 e. The summed E-state index contributed by atoms with van der Waals surface area (Å²) in [6.07, 6.45) is 1.07. The van der Waals surface area contributed by atoms with E-state index < -0.39 is 0 Å².